The lowest BCUT2D eigenvalue weighted by molar-refractivity contribution is -0.138. The van der Waals surface area contributed by atoms with Gasteiger partial charge in [-0.1, -0.05) is 19.1 Å². The molecule has 1 atom stereocenters. The fourth-order valence-electron chi connectivity index (χ4n) is 4.60. The van der Waals surface area contributed by atoms with E-state index in [1.54, 1.807) is 49.5 Å². The van der Waals surface area contributed by atoms with Crippen LogP contribution in [-0.4, -0.2) is 57.8 Å². The van der Waals surface area contributed by atoms with Crippen molar-refractivity contribution < 1.29 is 33.3 Å². The van der Waals surface area contributed by atoms with Gasteiger partial charge in [-0.25, -0.2) is 0 Å². The molecule has 3 aromatic carbocycles. The number of nitrogens with one attached hydrogen (secondary N) is 1. The molecule has 0 spiro atoms. The highest BCUT2D eigenvalue weighted by molar-refractivity contribution is 6.08. The summed E-state index contributed by atoms with van der Waals surface area (Å²) in [6.45, 7) is 2.76. The molecule has 1 aliphatic rings. The summed E-state index contributed by atoms with van der Waals surface area (Å²) in [6, 6.07) is 16.3. The van der Waals surface area contributed by atoms with Gasteiger partial charge in [-0.2, -0.15) is 0 Å². The second-order valence-electron chi connectivity index (χ2n) is 9.03. The van der Waals surface area contributed by atoms with Crippen molar-refractivity contribution in [2.45, 2.75) is 32.4 Å². The van der Waals surface area contributed by atoms with Gasteiger partial charge in [-0.3, -0.25) is 9.59 Å². The van der Waals surface area contributed by atoms with E-state index < -0.39 is 6.10 Å². The predicted molar refractivity (Wildman–Crippen MR) is 147 cm³/mol. The van der Waals surface area contributed by atoms with E-state index in [-0.39, 0.29) is 11.8 Å². The lowest BCUT2D eigenvalue weighted by Gasteiger charge is -2.23. The Bertz CT molecular complexity index is 1320. The van der Waals surface area contributed by atoms with E-state index in [0.717, 1.165) is 11.1 Å². The number of benzene rings is 3. The summed E-state index contributed by atoms with van der Waals surface area (Å²) in [5.41, 5.74) is 2.69. The van der Waals surface area contributed by atoms with E-state index >= 15 is 0 Å². The molecule has 1 heterocycles. The molecule has 1 N–H and O–H groups in total. The van der Waals surface area contributed by atoms with E-state index in [1.165, 1.54) is 14.2 Å². The summed E-state index contributed by atoms with van der Waals surface area (Å²) < 4.78 is 27.6. The highest BCUT2D eigenvalue weighted by Crippen LogP contribution is 2.33. The summed E-state index contributed by atoms with van der Waals surface area (Å²) in [6.07, 6.45) is 0.578. The average molecular weight is 535 g/mol. The lowest BCUT2D eigenvalue weighted by atomic mass is 10.1. The first-order chi connectivity index (χ1) is 18.9. The van der Waals surface area contributed by atoms with Crippen LogP contribution < -0.4 is 29.0 Å². The van der Waals surface area contributed by atoms with Crippen LogP contribution in [0, 0.1) is 0 Å². The molecule has 9 heteroatoms. The summed E-state index contributed by atoms with van der Waals surface area (Å²) in [5.74, 6) is 2.29. The lowest BCUT2D eigenvalue weighted by Crippen LogP contribution is -2.40. The Balaban J connectivity index is 1.56. The Morgan fingerprint density at radius 3 is 2.26 bits per heavy atom. The van der Waals surface area contributed by atoms with Crippen LogP contribution in [0.3, 0.4) is 0 Å². The topological polar surface area (TPSA) is 95.6 Å². The number of ether oxygens (including phenoxy) is 5. The van der Waals surface area contributed by atoms with Gasteiger partial charge in [0.05, 0.1) is 28.4 Å². The number of hydrogen-bond acceptors (Lipinski definition) is 7. The van der Waals surface area contributed by atoms with Crippen LogP contribution in [-0.2, 0) is 17.8 Å². The third-order valence-corrected chi connectivity index (χ3v) is 6.68. The highest BCUT2D eigenvalue weighted by Gasteiger charge is 2.30. The number of nitrogens with zero attached hydrogens (tertiary/aromatic N) is 1. The Morgan fingerprint density at radius 2 is 1.62 bits per heavy atom. The summed E-state index contributed by atoms with van der Waals surface area (Å²) >= 11 is 0. The van der Waals surface area contributed by atoms with Crippen molar-refractivity contribution in [3.8, 4) is 28.7 Å². The van der Waals surface area contributed by atoms with Crippen LogP contribution in [0.15, 0.2) is 54.6 Å². The number of carbonyl (C=O) groups is 2. The predicted octanol–water partition coefficient (Wildman–Crippen LogP) is 4.72. The van der Waals surface area contributed by atoms with Crippen molar-refractivity contribution >= 4 is 17.5 Å². The zero-order valence-corrected chi connectivity index (χ0v) is 22.9. The van der Waals surface area contributed by atoms with E-state index in [9.17, 15) is 9.59 Å². The van der Waals surface area contributed by atoms with Gasteiger partial charge in [-0.05, 0) is 60.9 Å². The van der Waals surface area contributed by atoms with Gasteiger partial charge in [-0.15, -0.1) is 0 Å². The van der Waals surface area contributed by atoms with Gasteiger partial charge in [0, 0.05) is 24.3 Å². The van der Waals surface area contributed by atoms with Crippen molar-refractivity contribution in [2.75, 3.05) is 40.3 Å². The molecule has 0 aliphatic carbocycles. The molecule has 206 valence electrons. The first kappa shape index (κ1) is 27.6. The van der Waals surface area contributed by atoms with Crippen molar-refractivity contribution in [1.82, 2.24) is 4.90 Å². The molecule has 2 amide bonds. The third kappa shape index (κ3) is 6.03. The van der Waals surface area contributed by atoms with Gasteiger partial charge in [0.15, 0.2) is 17.6 Å². The molecular formula is C30H34N2O7. The molecule has 0 fully saturated rings. The monoisotopic (exact) mass is 534 g/mol. The van der Waals surface area contributed by atoms with Crippen LogP contribution in [0.25, 0.3) is 0 Å². The normalized spacial score (nSPS) is 14.5. The van der Waals surface area contributed by atoms with Crippen LogP contribution in [0.1, 0.15) is 34.8 Å². The SMILES string of the molecule is CC[C@H]1Oc2ccc(NC(=O)c3c(OC)cccc3OC)cc2CN(CCc2ccc(OC)c(OC)c2)C1=O. The molecule has 0 aromatic heterocycles. The maximum absolute atomic E-state index is 13.3. The maximum Gasteiger partial charge on any atom is 0.263 e. The minimum atomic E-state index is -0.588. The summed E-state index contributed by atoms with van der Waals surface area (Å²) in [5, 5.41) is 2.93. The molecule has 0 radical (unpaired) electrons. The van der Waals surface area contributed by atoms with Crippen LogP contribution >= 0.6 is 0 Å². The molecule has 39 heavy (non-hydrogen) atoms. The van der Waals surface area contributed by atoms with Gasteiger partial charge in [0.25, 0.3) is 11.8 Å². The van der Waals surface area contributed by atoms with Crippen LogP contribution in [0.2, 0.25) is 0 Å². The Labute approximate surface area is 228 Å². The standard InChI is InChI=1S/C30H34N2O7/c1-6-22-30(34)32(15-14-19-10-12-24(35-2)27(16-19)38-5)18-20-17-21(11-13-23(20)39-22)31-29(33)28-25(36-3)8-7-9-26(28)37-4/h7-13,16-17,22H,6,14-15,18H2,1-5H3,(H,31,33)/t22-/m1/s1. The minimum Gasteiger partial charge on any atom is -0.496 e. The largest absolute Gasteiger partial charge is 0.496 e. The van der Waals surface area contributed by atoms with Gasteiger partial charge >= 0.3 is 0 Å². The van der Waals surface area contributed by atoms with Crippen LogP contribution in [0.4, 0.5) is 5.69 Å². The second-order valence-corrected chi connectivity index (χ2v) is 9.03. The first-order valence-electron chi connectivity index (χ1n) is 12.7. The average Bonchev–Trinajstić information content (AvgIpc) is 3.10. The Hall–Kier alpha value is -4.40. The van der Waals surface area contributed by atoms with Crippen molar-refractivity contribution in [3.05, 3.63) is 71.3 Å². The number of methoxy groups -OCH3 is 4. The molecule has 0 bridgehead atoms. The van der Waals surface area contributed by atoms with Gasteiger partial charge in [0.2, 0.25) is 0 Å². The molecule has 9 nitrogen and oxygen atoms in total. The molecule has 0 saturated carbocycles. The summed E-state index contributed by atoms with van der Waals surface area (Å²) in [7, 11) is 6.20. The third-order valence-electron chi connectivity index (χ3n) is 6.68. The van der Waals surface area contributed by atoms with E-state index in [1.807, 2.05) is 31.2 Å². The number of rotatable bonds is 10. The molecule has 1 aliphatic heterocycles. The van der Waals surface area contributed by atoms with E-state index in [2.05, 4.69) is 5.32 Å². The second kappa shape index (κ2) is 12.4. The Morgan fingerprint density at radius 1 is 0.923 bits per heavy atom. The van der Waals surface area contributed by atoms with Gasteiger partial charge < -0.3 is 33.9 Å². The fourth-order valence-corrected chi connectivity index (χ4v) is 4.60. The summed E-state index contributed by atoms with van der Waals surface area (Å²) in [4.78, 5) is 28.3. The van der Waals surface area contributed by atoms with Crippen molar-refractivity contribution in [2.24, 2.45) is 0 Å². The Kier molecular flexibility index (Phi) is 8.81. The molecule has 3 aromatic rings. The zero-order valence-electron chi connectivity index (χ0n) is 22.9. The highest BCUT2D eigenvalue weighted by atomic mass is 16.5. The maximum atomic E-state index is 13.3. The van der Waals surface area contributed by atoms with E-state index in [4.69, 9.17) is 23.7 Å². The smallest absolute Gasteiger partial charge is 0.263 e. The molecule has 4 rings (SSSR count). The number of anilines is 1. The molecule has 0 unspecified atom stereocenters. The zero-order chi connectivity index (χ0) is 27.9. The van der Waals surface area contributed by atoms with Gasteiger partial charge in [0.1, 0.15) is 22.8 Å². The number of hydrogen-bond donors (Lipinski definition) is 1. The quantitative estimate of drug-likeness (QED) is 0.402. The van der Waals surface area contributed by atoms with Crippen molar-refractivity contribution in [1.29, 1.82) is 0 Å². The molecular weight excluding hydrogens is 500 g/mol. The minimum absolute atomic E-state index is 0.0708. The number of carbonyl (C=O) groups excluding carboxylic acids is 2. The number of amides is 2. The fraction of sp³-hybridized carbons (Fsp3) is 0.333. The van der Waals surface area contributed by atoms with Crippen molar-refractivity contribution in [3.63, 3.8) is 0 Å². The molecule has 0 saturated heterocycles. The number of fused-ring (bicyclic) bond motifs is 1. The first-order valence-corrected chi connectivity index (χ1v) is 12.7. The van der Waals surface area contributed by atoms with Crippen LogP contribution in [0.5, 0.6) is 28.7 Å². The van der Waals surface area contributed by atoms with E-state index in [0.29, 0.717) is 65.9 Å².